The molecule has 2 rings (SSSR count). The fourth-order valence-corrected chi connectivity index (χ4v) is 1.91. The molecule has 1 saturated carbocycles. The minimum atomic E-state index is -0.000626. The van der Waals surface area contributed by atoms with Gasteiger partial charge in [0.1, 0.15) is 0 Å². The summed E-state index contributed by atoms with van der Waals surface area (Å²) >= 11 is 0. The second-order valence-electron chi connectivity index (χ2n) is 4.46. The van der Waals surface area contributed by atoms with Crippen LogP contribution in [0, 0.1) is 5.92 Å². The van der Waals surface area contributed by atoms with Gasteiger partial charge in [-0.2, -0.15) is 0 Å². The number of nitrogens with one attached hydrogen (secondary N) is 1. The van der Waals surface area contributed by atoms with Crippen molar-refractivity contribution < 1.29 is 4.79 Å². The third-order valence-corrected chi connectivity index (χ3v) is 3.24. The van der Waals surface area contributed by atoms with Crippen LogP contribution in [0.5, 0.6) is 0 Å². The molecular formula is C13H18N2O. The van der Waals surface area contributed by atoms with E-state index >= 15 is 0 Å². The number of nitrogens with two attached hydrogens (primary N) is 1. The molecule has 1 amide bonds. The summed E-state index contributed by atoms with van der Waals surface area (Å²) in [5, 5.41) is 2.94. The Hall–Kier alpha value is -1.51. The highest BCUT2D eigenvalue weighted by atomic mass is 16.1. The molecule has 0 bridgehead atoms. The van der Waals surface area contributed by atoms with E-state index in [2.05, 4.69) is 5.32 Å². The van der Waals surface area contributed by atoms with Gasteiger partial charge in [0.05, 0.1) is 0 Å². The van der Waals surface area contributed by atoms with Crippen molar-refractivity contribution in [2.75, 3.05) is 12.3 Å². The molecule has 1 aliphatic carbocycles. The fraction of sp³-hybridized carbons (Fsp3) is 0.462. The summed E-state index contributed by atoms with van der Waals surface area (Å²) in [6.45, 7) is 0.786. The van der Waals surface area contributed by atoms with Gasteiger partial charge >= 0.3 is 0 Å². The molecule has 0 aromatic heterocycles. The number of hydrogen-bond acceptors (Lipinski definition) is 2. The molecule has 3 heteroatoms. The quantitative estimate of drug-likeness (QED) is 0.761. The van der Waals surface area contributed by atoms with Crippen LogP contribution in [0.2, 0.25) is 0 Å². The first-order valence-electron chi connectivity index (χ1n) is 5.89. The van der Waals surface area contributed by atoms with Crippen molar-refractivity contribution in [3.8, 4) is 0 Å². The van der Waals surface area contributed by atoms with Crippen LogP contribution in [0.1, 0.15) is 36.0 Å². The summed E-state index contributed by atoms with van der Waals surface area (Å²) in [6, 6.07) is 7.02. The zero-order valence-electron chi connectivity index (χ0n) is 9.41. The van der Waals surface area contributed by atoms with Crippen molar-refractivity contribution in [1.82, 2.24) is 5.32 Å². The Morgan fingerprint density at radius 2 is 2.00 bits per heavy atom. The number of rotatable bonds is 4. The van der Waals surface area contributed by atoms with Gasteiger partial charge < -0.3 is 11.1 Å². The molecule has 0 radical (unpaired) electrons. The van der Waals surface area contributed by atoms with E-state index in [1.807, 2.05) is 0 Å². The first kappa shape index (κ1) is 11.0. The maximum atomic E-state index is 11.7. The Morgan fingerprint density at radius 3 is 2.56 bits per heavy atom. The van der Waals surface area contributed by atoms with Crippen molar-refractivity contribution >= 4 is 11.6 Å². The van der Waals surface area contributed by atoms with Gasteiger partial charge in [-0.1, -0.05) is 19.3 Å². The third kappa shape index (κ3) is 2.75. The Bertz CT molecular complexity index is 355. The molecular weight excluding hydrogens is 200 g/mol. The SMILES string of the molecule is Nc1ccc(C(=O)NCCC2CCC2)cc1. The van der Waals surface area contributed by atoms with E-state index in [0.29, 0.717) is 11.3 Å². The summed E-state index contributed by atoms with van der Waals surface area (Å²) in [4.78, 5) is 11.7. The van der Waals surface area contributed by atoms with Crippen molar-refractivity contribution in [1.29, 1.82) is 0 Å². The van der Waals surface area contributed by atoms with E-state index < -0.39 is 0 Å². The van der Waals surface area contributed by atoms with E-state index in [1.54, 1.807) is 24.3 Å². The molecule has 1 aromatic carbocycles. The lowest BCUT2D eigenvalue weighted by molar-refractivity contribution is 0.0949. The predicted octanol–water partition coefficient (Wildman–Crippen LogP) is 2.19. The maximum Gasteiger partial charge on any atom is 0.251 e. The largest absolute Gasteiger partial charge is 0.399 e. The molecule has 86 valence electrons. The van der Waals surface area contributed by atoms with E-state index in [4.69, 9.17) is 5.73 Å². The number of amides is 1. The second-order valence-corrected chi connectivity index (χ2v) is 4.46. The van der Waals surface area contributed by atoms with Crippen LogP contribution in [0.25, 0.3) is 0 Å². The van der Waals surface area contributed by atoms with E-state index in [9.17, 15) is 4.79 Å². The number of benzene rings is 1. The Labute approximate surface area is 96.0 Å². The van der Waals surface area contributed by atoms with E-state index in [0.717, 1.165) is 18.9 Å². The standard InChI is InChI=1S/C13H18N2O/c14-12-6-4-11(5-7-12)13(16)15-9-8-10-2-1-3-10/h4-7,10H,1-3,8-9,14H2,(H,15,16). The van der Waals surface area contributed by atoms with Crippen LogP contribution in [0.3, 0.4) is 0 Å². The van der Waals surface area contributed by atoms with Crippen LogP contribution >= 0.6 is 0 Å². The average Bonchev–Trinajstić information content (AvgIpc) is 2.22. The van der Waals surface area contributed by atoms with Crippen LogP contribution in [0.4, 0.5) is 5.69 Å². The Kier molecular flexibility index (Phi) is 3.44. The van der Waals surface area contributed by atoms with Gasteiger partial charge in [-0.25, -0.2) is 0 Å². The minimum Gasteiger partial charge on any atom is -0.399 e. The molecule has 0 heterocycles. The van der Waals surface area contributed by atoms with Crippen LogP contribution in [-0.2, 0) is 0 Å². The number of anilines is 1. The first-order chi connectivity index (χ1) is 7.75. The maximum absolute atomic E-state index is 11.7. The van der Waals surface area contributed by atoms with Gasteiger partial charge in [0.15, 0.2) is 0 Å². The van der Waals surface area contributed by atoms with Gasteiger partial charge in [0.25, 0.3) is 5.91 Å². The van der Waals surface area contributed by atoms with Crippen molar-refractivity contribution in [3.63, 3.8) is 0 Å². The number of carbonyl (C=O) groups excluding carboxylic acids is 1. The summed E-state index contributed by atoms with van der Waals surface area (Å²) in [5.41, 5.74) is 6.93. The molecule has 0 aliphatic heterocycles. The zero-order chi connectivity index (χ0) is 11.4. The van der Waals surface area contributed by atoms with Gasteiger partial charge in [0, 0.05) is 17.8 Å². The predicted molar refractivity (Wildman–Crippen MR) is 65.1 cm³/mol. The van der Waals surface area contributed by atoms with Gasteiger partial charge in [-0.3, -0.25) is 4.79 Å². The van der Waals surface area contributed by atoms with Gasteiger partial charge in [-0.15, -0.1) is 0 Å². The minimum absolute atomic E-state index is 0.000626. The monoisotopic (exact) mass is 218 g/mol. The van der Waals surface area contributed by atoms with E-state index in [1.165, 1.54) is 19.3 Å². The van der Waals surface area contributed by atoms with Crippen LogP contribution < -0.4 is 11.1 Å². The van der Waals surface area contributed by atoms with Gasteiger partial charge in [0.2, 0.25) is 0 Å². The number of nitrogen functional groups attached to an aromatic ring is 1. The van der Waals surface area contributed by atoms with Gasteiger partial charge in [-0.05, 0) is 36.6 Å². The smallest absolute Gasteiger partial charge is 0.251 e. The molecule has 1 fully saturated rings. The fourth-order valence-electron chi connectivity index (χ4n) is 1.91. The van der Waals surface area contributed by atoms with Crippen molar-refractivity contribution in [2.24, 2.45) is 5.92 Å². The molecule has 0 spiro atoms. The summed E-state index contributed by atoms with van der Waals surface area (Å²) in [5.74, 6) is 0.839. The molecule has 3 N–H and O–H groups in total. The summed E-state index contributed by atoms with van der Waals surface area (Å²) in [7, 11) is 0. The van der Waals surface area contributed by atoms with Crippen molar-refractivity contribution in [3.05, 3.63) is 29.8 Å². The highest BCUT2D eigenvalue weighted by Crippen LogP contribution is 2.28. The Balaban J connectivity index is 1.76. The molecule has 1 aliphatic rings. The van der Waals surface area contributed by atoms with Crippen molar-refractivity contribution in [2.45, 2.75) is 25.7 Å². The molecule has 0 unspecified atom stereocenters. The Morgan fingerprint density at radius 1 is 1.31 bits per heavy atom. The average molecular weight is 218 g/mol. The normalized spacial score (nSPS) is 15.5. The first-order valence-corrected chi connectivity index (χ1v) is 5.89. The van der Waals surface area contributed by atoms with Crippen LogP contribution in [0.15, 0.2) is 24.3 Å². The molecule has 1 aromatic rings. The molecule has 16 heavy (non-hydrogen) atoms. The highest BCUT2D eigenvalue weighted by molar-refractivity contribution is 5.94. The molecule has 0 atom stereocenters. The molecule has 3 nitrogen and oxygen atoms in total. The number of hydrogen-bond donors (Lipinski definition) is 2. The summed E-state index contributed by atoms with van der Waals surface area (Å²) < 4.78 is 0. The second kappa shape index (κ2) is 5.01. The lowest BCUT2D eigenvalue weighted by Crippen LogP contribution is -2.27. The molecule has 0 saturated heterocycles. The van der Waals surface area contributed by atoms with Crippen LogP contribution in [-0.4, -0.2) is 12.5 Å². The van der Waals surface area contributed by atoms with E-state index in [-0.39, 0.29) is 5.91 Å². The topological polar surface area (TPSA) is 55.1 Å². The third-order valence-electron chi connectivity index (χ3n) is 3.24. The zero-order valence-corrected chi connectivity index (χ0v) is 9.41. The highest BCUT2D eigenvalue weighted by Gasteiger charge is 2.16. The number of carbonyl (C=O) groups is 1. The lowest BCUT2D eigenvalue weighted by Gasteiger charge is -2.25. The summed E-state index contributed by atoms with van der Waals surface area (Å²) in [6.07, 6.45) is 5.13. The lowest BCUT2D eigenvalue weighted by atomic mass is 9.83.